The number of amides is 1. The Morgan fingerprint density at radius 3 is 2.67 bits per heavy atom. The summed E-state index contributed by atoms with van der Waals surface area (Å²) < 4.78 is 0. The minimum atomic E-state index is -1.12. The average Bonchev–Trinajstić information content (AvgIpc) is 2.65. The van der Waals surface area contributed by atoms with Crippen molar-refractivity contribution >= 4 is 29.2 Å². The molecule has 0 saturated heterocycles. The number of nitrogens with one attached hydrogen (secondary N) is 1. The number of benzene rings is 1. The fourth-order valence-electron chi connectivity index (χ4n) is 2.66. The van der Waals surface area contributed by atoms with Gasteiger partial charge >= 0.3 is 5.97 Å². The number of aromatic carboxylic acids is 1. The molecule has 21 heavy (non-hydrogen) atoms. The van der Waals surface area contributed by atoms with Gasteiger partial charge in [-0.2, -0.15) is 0 Å². The summed E-state index contributed by atoms with van der Waals surface area (Å²) in [5.41, 5.74) is 6.46. The Morgan fingerprint density at radius 1 is 1.24 bits per heavy atom. The highest BCUT2D eigenvalue weighted by atomic mass is 35.5. The Hall–Kier alpha value is -1.59. The number of carboxylic acid groups (broad SMARTS) is 1. The molecular weight excluding hydrogens is 292 g/mol. The monoisotopic (exact) mass is 310 g/mol. The number of carbonyl (C=O) groups is 2. The molecule has 2 unspecified atom stereocenters. The van der Waals surface area contributed by atoms with Gasteiger partial charge in [-0.15, -0.1) is 0 Å². The average molecular weight is 311 g/mol. The summed E-state index contributed by atoms with van der Waals surface area (Å²) in [6.45, 7) is 0. The van der Waals surface area contributed by atoms with Crippen LogP contribution in [0, 0.1) is 5.92 Å². The first-order chi connectivity index (χ1) is 9.99. The fourth-order valence-corrected chi connectivity index (χ4v) is 2.86. The third-order valence-corrected chi connectivity index (χ3v) is 4.20. The van der Waals surface area contributed by atoms with Gasteiger partial charge in [-0.25, -0.2) is 4.79 Å². The molecule has 4 N–H and O–H groups in total. The van der Waals surface area contributed by atoms with Crippen LogP contribution in [0.3, 0.4) is 0 Å². The zero-order valence-corrected chi connectivity index (χ0v) is 12.4. The maximum atomic E-state index is 12.3. The van der Waals surface area contributed by atoms with Gasteiger partial charge in [0.25, 0.3) is 0 Å². The van der Waals surface area contributed by atoms with E-state index in [4.69, 9.17) is 22.4 Å². The molecule has 0 aromatic heterocycles. The van der Waals surface area contributed by atoms with Gasteiger partial charge in [0.1, 0.15) is 0 Å². The summed E-state index contributed by atoms with van der Waals surface area (Å²) in [6.07, 6.45) is 4.76. The van der Waals surface area contributed by atoms with E-state index in [1.54, 1.807) is 6.07 Å². The van der Waals surface area contributed by atoms with Crippen LogP contribution in [0.4, 0.5) is 5.69 Å². The number of halogens is 1. The smallest absolute Gasteiger partial charge is 0.337 e. The van der Waals surface area contributed by atoms with Gasteiger partial charge < -0.3 is 16.2 Å². The third-order valence-electron chi connectivity index (χ3n) is 3.87. The topological polar surface area (TPSA) is 92.4 Å². The Morgan fingerprint density at radius 2 is 1.95 bits per heavy atom. The van der Waals surface area contributed by atoms with Gasteiger partial charge in [0, 0.05) is 11.7 Å². The SMILES string of the molecule is NC1CCCCCC1C(=O)Nc1ccc(Cl)c(C(=O)O)c1. The molecule has 2 rings (SSSR count). The van der Waals surface area contributed by atoms with Gasteiger partial charge in [0.2, 0.25) is 5.91 Å². The lowest BCUT2D eigenvalue weighted by Crippen LogP contribution is -2.37. The highest BCUT2D eigenvalue weighted by Crippen LogP contribution is 2.25. The number of hydrogen-bond acceptors (Lipinski definition) is 3. The Labute approximate surface area is 128 Å². The zero-order valence-electron chi connectivity index (χ0n) is 11.6. The summed E-state index contributed by atoms with van der Waals surface area (Å²) >= 11 is 5.81. The lowest BCUT2D eigenvalue weighted by atomic mass is 9.94. The van der Waals surface area contributed by atoms with Crippen molar-refractivity contribution in [3.05, 3.63) is 28.8 Å². The van der Waals surface area contributed by atoms with Crippen molar-refractivity contribution in [1.82, 2.24) is 0 Å². The summed E-state index contributed by atoms with van der Waals surface area (Å²) in [7, 11) is 0. The number of rotatable bonds is 3. The lowest BCUT2D eigenvalue weighted by Gasteiger charge is -2.20. The molecule has 5 nitrogen and oxygen atoms in total. The number of nitrogens with two attached hydrogens (primary N) is 1. The summed E-state index contributed by atoms with van der Waals surface area (Å²) in [6, 6.07) is 4.28. The highest BCUT2D eigenvalue weighted by Gasteiger charge is 2.27. The second kappa shape index (κ2) is 6.91. The molecule has 1 aliphatic rings. The van der Waals surface area contributed by atoms with Crippen LogP contribution in [0.15, 0.2) is 18.2 Å². The number of carbonyl (C=O) groups excluding carboxylic acids is 1. The standard InChI is InChI=1S/C15H19ClN2O3/c16-12-7-6-9(8-11(12)15(20)21)18-14(19)10-4-2-1-3-5-13(10)17/h6-8,10,13H,1-5,17H2,(H,18,19)(H,20,21). The molecule has 1 saturated carbocycles. The predicted octanol–water partition coefficient (Wildman–Crippen LogP) is 2.88. The Balaban J connectivity index is 2.11. The van der Waals surface area contributed by atoms with Crippen molar-refractivity contribution in [3.8, 4) is 0 Å². The number of hydrogen-bond donors (Lipinski definition) is 3. The van der Waals surface area contributed by atoms with E-state index in [1.165, 1.54) is 12.1 Å². The normalized spacial score (nSPS) is 22.4. The van der Waals surface area contributed by atoms with Crippen LogP contribution >= 0.6 is 11.6 Å². The molecule has 1 aromatic carbocycles. The number of carboxylic acids is 1. The molecule has 2 atom stereocenters. The molecular formula is C15H19ClN2O3. The van der Waals surface area contributed by atoms with E-state index in [1.807, 2.05) is 0 Å². The quantitative estimate of drug-likeness (QED) is 0.748. The van der Waals surface area contributed by atoms with E-state index in [9.17, 15) is 9.59 Å². The van der Waals surface area contributed by atoms with Crippen LogP contribution in [0.5, 0.6) is 0 Å². The molecule has 1 aromatic rings. The van der Waals surface area contributed by atoms with Crippen molar-refractivity contribution in [2.45, 2.75) is 38.1 Å². The largest absolute Gasteiger partial charge is 0.478 e. The molecule has 1 fully saturated rings. The van der Waals surface area contributed by atoms with Crippen LogP contribution in [0.2, 0.25) is 5.02 Å². The molecule has 1 amide bonds. The first-order valence-electron chi connectivity index (χ1n) is 7.08. The van der Waals surface area contributed by atoms with E-state index in [2.05, 4.69) is 5.32 Å². The van der Waals surface area contributed by atoms with Crippen molar-refractivity contribution in [1.29, 1.82) is 0 Å². The fraction of sp³-hybridized carbons (Fsp3) is 0.467. The van der Waals surface area contributed by atoms with Crippen LogP contribution in [0.1, 0.15) is 42.5 Å². The molecule has 0 spiro atoms. The lowest BCUT2D eigenvalue weighted by molar-refractivity contribution is -0.120. The van der Waals surface area contributed by atoms with E-state index < -0.39 is 5.97 Å². The van der Waals surface area contributed by atoms with E-state index in [-0.39, 0.29) is 28.5 Å². The zero-order chi connectivity index (χ0) is 15.4. The highest BCUT2D eigenvalue weighted by molar-refractivity contribution is 6.33. The summed E-state index contributed by atoms with van der Waals surface area (Å²) in [4.78, 5) is 23.4. The van der Waals surface area contributed by atoms with Crippen molar-refractivity contribution < 1.29 is 14.7 Å². The molecule has 0 radical (unpaired) electrons. The second-order valence-electron chi connectivity index (χ2n) is 5.40. The maximum absolute atomic E-state index is 12.3. The van der Waals surface area contributed by atoms with Crippen LogP contribution in [-0.4, -0.2) is 23.0 Å². The van der Waals surface area contributed by atoms with Crippen molar-refractivity contribution in [2.24, 2.45) is 11.7 Å². The minimum absolute atomic E-state index is 0.0281. The third kappa shape index (κ3) is 3.95. The van der Waals surface area contributed by atoms with E-state index >= 15 is 0 Å². The van der Waals surface area contributed by atoms with E-state index in [0.29, 0.717) is 5.69 Å². The molecule has 0 heterocycles. The van der Waals surface area contributed by atoms with Gasteiger partial charge in [0.05, 0.1) is 16.5 Å². The molecule has 1 aliphatic carbocycles. The summed E-state index contributed by atoms with van der Waals surface area (Å²) in [5, 5.41) is 11.9. The second-order valence-corrected chi connectivity index (χ2v) is 5.80. The molecule has 0 bridgehead atoms. The van der Waals surface area contributed by atoms with Gasteiger partial charge in [-0.3, -0.25) is 4.79 Å². The first-order valence-corrected chi connectivity index (χ1v) is 7.46. The molecule has 0 aliphatic heterocycles. The van der Waals surface area contributed by atoms with Gasteiger partial charge in [-0.1, -0.05) is 30.9 Å². The molecule has 6 heteroatoms. The van der Waals surface area contributed by atoms with Gasteiger partial charge in [-0.05, 0) is 31.0 Å². The predicted molar refractivity (Wildman–Crippen MR) is 81.6 cm³/mol. The Bertz CT molecular complexity index is 548. The molecule has 114 valence electrons. The van der Waals surface area contributed by atoms with E-state index in [0.717, 1.165) is 32.1 Å². The summed E-state index contributed by atoms with van der Waals surface area (Å²) in [5.74, 6) is -1.50. The maximum Gasteiger partial charge on any atom is 0.337 e. The minimum Gasteiger partial charge on any atom is -0.478 e. The first kappa shape index (κ1) is 15.8. The van der Waals surface area contributed by atoms with Crippen molar-refractivity contribution in [2.75, 3.05) is 5.32 Å². The van der Waals surface area contributed by atoms with Crippen LogP contribution in [-0.2, 0) is 4.79 Å². The Kier molecular flexibility index (Phi) is 5.20. The van der Waals surface area contributed by atoms with Gasteiger partial charge in [0.15, 0.2) is 0 Å². The van der Waals surface area contributed by atoms with Crippen molar-refractivity contribution in [3.63, 3.8) is 0 Å². The van der Waals surface area contributed by atoms with Crippen LogP contribution in [0.25, 0.3) is 0 Å². The number of anilines is 1. The van der Waals surface area contributed by atoms with Crippen LogP contribution < -0.4 is 11.1 Å².